The molecule has 1 N–H and O–H groups in total. The van der Waals surface area contributed by atoms with Gasteiger partial charge in [0.15, 0.2) is 0 Å². The zero-order valence-electron chi connectivity index (χ0n) is 11.6. The quantitative estimate of drug-likeness (QED) is 0.670. The van der Waals surface area contributed by atoms with Crippen LogP contribution in [0.15, 0.2) is 30.4 Å². The summed E-state index contributed by atoms with van der Waals surface area (Å²) >= 11 is 5.94. The van der Waals surface area contributed by atoms with Gasteiger partial charge in [-0.3, -0.25) is 9.59 Å². The van der Waals surface area contributed by atoms with Crippen molar-refractivity contribution in [3.63, 3.8) is 0 Å². The second-order valence-corrected chi connectivity index (χ2v) is 5.60. The number of ketones is 1. The molecule has 0 fully saturated rings. The Morgan fingerprint density at radius 2 is 2.10 bits per heavy atom. The molecule has 0 atom stereocenters. The van der Waals surface area contributed by atoms with Gasteiger partial charge in [-0.2, -0.15) is 0 Å². The summed E-state index contributed by atoms with van der Waals surface area (Å²) in [6.45, 7) is 8.93. The van der Waals surface area contributed by atoms with Crippen LogP contribution in [-0.4, -0.2) is 30.8 Å². The summed E-state index contributed by atoms with van der Waals surface area (Å²) in [5.41, 5.74) is 1.81. The molecule has 1 aliphatic rings. The summed E-state index contributed by atoms with van der Waals surface area (Å²) in [7, 11) is 0. The van der Waals surface area contributed by atoms with E-state index in [-0.39, 0.29) is 0 Å². The van der Waals surface area contributed by atoms with Crippen LogP contribution in [0.1, 0.15) is 24.2 Å². The van der Waals surface area contributed by atoms with Crippen molar-refractivity contribution in [1.82, 2.24) is 5.32 Å². The van der Waals surface area contributed by atoms with Crippen molar-refractivity contribution in [1.29, 1.82) is 0 Å². The summed E-state index contributed by atoms with van der Waals surface area (Å²) in [5, 5.41) is 3.73. The molecule has 5 heteroatoms. The van der Waals surface area contributed by atoms with E-state index in [1.54, 1.807) is 18.2 Å². The van der Waals surface area contributed by atoms with Gasteiger partial charge in [0, 0.05) is 24.2 Å². The van der Waals surface area contributed by atoms with E-state index in [0.717, 1.165) is 5.57 Å². The number of Topliss-reactive ketones (excluding diaryl/α,β-unsaturated/α-hetero) is 1. The van der Waals surface area contributed by atoms with Gasteiger partial charge in [0.25, 0.3) is 11.7 Å². The Morgan fingerprint density at radius 3 is 2.75 bits per heavy atom. The summed E-state index contributed by atoms with van der Waals surface area (Å²) in [4.78, 5) is 25.3. The third-order valence-corrected chi connectivity index (χ3v) is 3.31. The van der Waals surface area contributed by atoms with Crippen LogP contribution in [0.2, 0.25) is 5.02 Å². The molecule has 0 unspecified atom stereocenters. The first-order valence-corrected chi connectivity index (χ1v) is 6.83. The number of anilines is 1. The smallest absolute Gasteiger partial charge is 0.299 e. The lowest BCUT2D eigenvalue weighted by Gasteiger charge is -2.19. The molecule has 2 rings (SSSR count). The predicted molar refractivity (Wildman–Crippen MR) is 80.4 cm³/mol. The zero-order valence-corrected chi connectivity index (χ0v) is 12.3. The fourth-order valence-corrected chi connectivity index (χ4v) is 2.22. The minimum atomic E-state index is -0.520. The highest BCUT2D eigenvalue weighted by Crippen LogP contribution is 2.31. The lowest BCUT2D eigenvalue weighted by atomic mass is 10.1. The van der Waals surface area contributed by atoms with Crippen molar-refractivity contribution in [2.24, 2.45) is 0 Å². The number of hydrogen-bond acceptors (Lipinski definition) is 3. The third kappa shape index (κ3) is 2.92. The molecule has 1 heterocycles. The first-order valence-electron chi connectivity index (χ1n) is 6.46. The summed E-state index contributed by atoms with van der Waals surface area (Å²) in [6, 6.07) is 5.18. The fraction of sp³-hybridized carbons (Fsp3) is 0.333. The number of benzene rings is 1. The van der Waals surface area contributed by atoms with Crippen LogP contribution in [0.5, 0.6) is 0 Å². The topological polar surface area (TPSA) is 49.4 Å². The maximum Gasteiger partial charge on any atom is 0.299 e. The van der Waals surface area contributed by atoms with Crippen molar-refractivity contribution in [3.05, 3.63) is 40.9 Å². The fourth-order valence-electron chi connectivity index (χ4n) is 2.05. The maximum absolute atomic E-state index is 12.0. The van der Waals surface area contributed by atoms with Gasteiger partial charge < -0.3 is 10.2 Å². The number of nitrogens with zero attached hydrogens (tertiary/aromatic N) is 1. The average molecular weight is 293 g/mol. The summed E-state index contributed by atoms with van der Waals surface area (Å²) in [6.07, 6.45) is 0. The van der Waals surface area contributed by atoms with Crippen LogP contribution in [-0.2, 0) is 4.79 Å². The molecule has 1 aliphatic heterocycles. The Morgan fingerprint density at radius 1 is 1.40 bits per heavy atom. The summed E-state index contributed by atoms with van der Waals surface area (Å²) < 4.78 is 0. The third-order valence-electron chi connectivity index (χ3n) is 3.08. The second kappa shape index (κ2) is 5.77. The van der Waals surface area contributed by atoms with Gasteiger partial charge >= 0.3 is 0 Å². The van der Waals surface area contributed by atoms with Gasteiger partial charge in [-0.15, -0.1) is 0 Å². The van der Waals surface area contributed by atoms with Crippen LogP contribution < -0.4 is 10.2 Å². The Bertz CT molecular complexity index is 581. The highest BCUT2D eigenvalue weighted by molar-refractivity contribution is 6.52. The highest BCUT2D eigenvalue weighted by atomic mass is 35.5. The Labute approximate surface area is 123 Å². The molecule has 0 bridgehead atoms. The minimum absolute atomic E-state index is 0.317. The molecule has 0 saturated heterocycles. The molecule has 0 aliphatic carbocycles. The van der Waals surface area contributed by atoms with Gasteiger partial charge in [0.2, 0.25) is 0 Å². The molecule has 4 nitrogen and oxygen atoms in total. The number of nitrogens with one attached hydrogen (secondary N) is 1. The maximum atomic E-state index is 12.0. The van der Waals surface area contributed by atoms with Crippen LogP contribution in [0.4, 0.5) is 5.69 Å². The summed E-state index contributed by atoms with van der Waals surface area (Å²) in [5.74, 6) is -1.01. The van der Waals surface area contributed by atoms with Crippen LogP contribution >= 0.6 is 11.6 Å². The molecule has 0 radical (unpaired) electrons. The Kier molecular flexibility index (Phi) is 4.26. The molecular formula is C15H17ClN2O2. The molecular weight excluding hydrogens is 276 g/mol. The normalized spacial score (nSPS) is 14.1. The number of halogens is 1. The second-order valence-electron chi connectivity index (χ2n) is 5.17. The first-order chi connectivity index (χ1) is 9.40. The molecule has 0 spiro atoms. The lowest BCUT2D eigenvalue weighted by molar-refractivity contribution is -0.114. The molecule has 1 amide bonds. The lowest BCUT2D eigenvalue weighted by Crippen LogP contribution is -2.34. The van der Waals surface area contributed by atoms with Gasteiger partial charge in [0.05, 0.1) is 11.3 Å². The number of fused-ring (bicyclic) bond motifs is 1. The molecule has 0 saturated carbocycles. The van der Waals surface area contributed by atoms with Crippen molar-refractivity contribution < 1.29 is 9.59 Å². The van der Waals surface area contributed by atoms with Crippen molar-refractivity contribution >= 4 is 29.0 Å². The van der Waals surface area contributed by atoms with E-state index in [0.29, 0.717) is 35.4 Å². The highest BCUT2D eigenvalue weighted by Gasteiger charge is 2.35. The Balaban J connectivity index is 2.17. The zero-order chi connectivity index (χ0) is 14.9. The minimum Gasteiger partial charge on any atom is -0.311 e. The molecule has 1 aromatic carbocycles. The van der Waals surface area contributed by atoms with E-state index in [1.807, 2.05) is 13.8 Å². The molecule has 0 aromatic heterocycles. The van der Waals surface area contributed by atoms with E-state index in [1.165, 1.54) is 4.90 Å². The Hall–Kier alpha value is -1.65. The van der Waals surface area contributed by atoms with E-state index in [2.05, 4.69) is 11.9 Å². The number of carbonyl (C=O) groups excluding carboxylic acids is 2. The van der Waals surface area contributed by atoms with Crippen LogP contribution in [0, 0.1) is 0 Å². The molecule has 1 aromatic rings. The predicted octanol–water partition coefficient (Wildman–Crippen LogP) is 2.42. The number of amides is 1. The first kappa shape index (κ1) is 14.8. The van der Waals surface area contributed by atoms with Crippen molar-refractivity contribution in [2.75, 3.05) is 18.0 Å². The van der Waals surface area contributed by atoms with E-state index in [4.69, 9.17) is 11.6 Å². The van der Waals surface area contributed by atoms with Gasteiger partial charge in [-0.25, -0.2) is 0 Å². The standard InChI is InChI=1S/C15H17ClN2O2/c1-9(2)17-7-10(3)8-18-13-6-11(16)4-5-12(13)14(19)15(18)20/h4-6,9,17H,3,7-8H2,1-2H3. The average Bonchev–Trinajstić information content (AvgIpc) is 2.61. The number of rotatable bonds is 5. The van der Waals surface area contributed by atoms with Crippen LogP contribution in [0.3, 0.4) is 0 Å². The van der Waals surface area contributed by atoms with Crippen LogP contribution in [0.25, 0.3) is 0 Å². The SMILES string of the molecule is C=C(CNC(C)C)CN1C(=O)C(=O)c2ccc(Cl)cc21. The number of hydrogen-bond donors (Lipinski definition) is 1. The van der Waals surface area contributed by atoms with Crippen molar-refractivity contribution in [2.45, 2.75) is 19.9 Å². The molecule has 20 heavy (non-hydrogen) atoms. The van der Waals surface area contributed by atoms with Gasteiger partial charge in [-0.1, -0.05) is 32.0 Å². The van der Waals surface area contributed by atoms with Gasteiger partial charge in [-0.05, 0) is 23.8 Å². The van der Waals surface area contributed by atoms with E-state index in [9.17, 15) is 9.59 Å². The number of carbonyl (C=O) groups is 2. The molecule has 106 valence electrons. The largest absolute Gasteiger partial charge is 0.311 e. The van der Waals surface area contributed by atoms with Crippen molar-refractivity contribution in [3.8, 4) is 0 Å². The van der Waals surface area contributed by atoms with E-state index >= 15 is 0 Å². The van der Waals surface area contributed by atoms with Gasteiger partial charge in [0.1, 0.15) is 0 Å². The monoisotopic (exact) mass is 292 g/mol. The van der Waals surface area contributed by atoms with E-state index < -0.39 is 11.7 Å².